The highest BCUT2D eigenvalue weighted by Crippen LogP contribution is 2.49. The SMILES string of the molecule is C=C[C@H]1C[C@@]1(N=Cc1cccc2ccccc12)C(=O)OCC. The molecule has 0 unspecified atom stereocenters. The number of hydrogen-bond acceptors (Lipinski definition) is 3. The first-order chi connectivity index (χ1) is 10.7. The first kappa shape index (κ1) is 14.5. The van der Waals surface area contributed by atoms with E-state index in [2.05, 4.69) is 29.8 Å². The zero-order valence-electron chi connectivity index (χ0n) is 12.7. The van der Waals surface area contributed by atoms with Gasteiger partial charge in [-0.3, -0.25) is 4.99 Å². The van der Waals surface area contributed by atoms with Gasteiger partial charge >= 0.3 is 5.97 Å². The molecule has 3 nitrogen and oxygen atoms in total. The van der Waals surface area contributed by atoms with Crippen molar-refractivity contribution in [2.24, 2.45) is 10.9 Å². The van der Waals surface area contributed by atoms with Gasteiger partial charge in [0.1, 0.15) is 0 Å². The summed E-state index contributed by atoms with van der Waals surface area (Å²) in [5.41, 5.74) is 0.241. The molecule has 0 bridgehead atoms. The quantitative estimate of drug-likeness (QED) is 0.478. The first-order valence-electron chi connectivity index (χ1n) is 7.54. The lowest BCUT2D eigenvalue weighted by molar-refractivity contribution is -0.146. The van der Waals surface area contributed by atoms with Crippen LogP contribution in [0.2, 0.25) is 0 Å². The number of carbonyl (C=O) groups excluding carboxylic acids is 1. The van der Waals surface area contributed by atoms with Gasteiger partial charge in [-0.1, -0.05) is 48.5 Å². The summed E-state index contributed by atoms with van der Waals surface area (Å²) in [6, 6.07) is 14.2. The second-order valence-corrected chi connectivity index (χ2v) is 5.52. The van der Waals surface area contributed by atoms with Crippen LogP contribution in [0.1, 0.15) is 18.9 Å². The lowest BCUT2D eigenvalue weighted by Gasteiger charge is -2.10. The van der Waals surface area contributed by atoms with Crippen LogP contribution in [0.3, 0.4) is 0 Å². The molecular formula is C19H19NO2. The van der Waals surface area contributed by atoms with E-state index in [1.54, 1.807) is 12.3 Å². The van der Waals surface area contributed by atoms with Crippen molar-refractivity contribution in [3.8, 4) is 0 Å². The maximum absolute atomic E-state index is 12.2. The molecule has 0 radical (unpaired) electrons. The van der Waals surface area contributed by atoms with Crippen molar-refractivity contribution in [1.29, 1.82) is 0 Å². The number of rotatable bonds is 5. The standard InChI is InChI=1S/C19H19NO2/c1-3-16-12-19(16,18(21)22-4-2)20-13-15-10-7-9-14-8-5-6-11-17(14)15/h3,5-11,13,16H,1,4,12H2,2H3/t16-,19-/m0/s1. The van der Waals surface area contributed by atoms with Crippen LogP contribution in [0.5, 0.6) is 0 Å². The molecule has 1 saturated carbocycles. The van der Waals surface area contributed by atoms with Gasteiger partial charge in [-0.15, -0.1) is 6.58 Å². The Bertz CT molecular complexity index is 745. The Morgan fingerprint density at radius 2 is 2.14 bits per heavy atom. The van der Waals surface area contributed by atoms with E-state index in [1.165, 1.54) is 0 Å². The Morgan fingerprint density at radius 1 is 1.36 bits per heavy atom. The molecule has 1 aliphatic rings. The average Bonchev–Trinajstić information content (AvgIpc) is 3.28. The first-order valence-corrected chi connectivity index (χ1v) is 7.54. The van der Waals surface area contributed by atoms with Crippen molar-refractivity contribution < 1.29 is 9.53 Å². The minimum atomic E-state index is -0.769. The van der Waals surface area contributed by atoms with Gasteiger partial charge < -0.3 is 4.74 Å². The summed E-state index contributed by atoms with van der Waals surface area (Å²) >= 11 is 0. The molecule has 1 aliphatic carbocycles. The van der Waals surface area contributed by atoms with E-state index in [4.69, 9.17) is 4.74 Å². The third-order valence-electron chi connectivity index (χ3n) is 4.16. The molecule has 0 N–H and O–H groups in total. The summed E-state index contributed by atoms with van der Waals surface area (Å²) in [6.45, 7) is 5.96. The molecule has 0 aliphatic heterocycles. The number of ether oxygens (including phenoxy) is 1. The van der Waals surface area contributed by atoms with E-state index >= 15 is 0 Å². The van der Waals surface area contributed by atoms with Gasteiger partial charge in [0.05, 0.1) is 6.61 Å². The molecule has 0 saturated heterocycles. The van der Waals surface area contributed by atoms with Gasteiger partial charge in [0.2, 0.25) is 0 Å². The fourth-order valence-corrected chi connectivity index (χ4v) is 2.79. The molecule has 1 fully saturated rings. The monoisotopic (exact) mass is 293 g/mol. The van der Waals surface area contributed by atoms with Gasteiger partial charge in [-0.05, 0) is 24.1 Å². The van der Waals surface area contributed by atoms with E-state index in [0.717, 1.165) is 16.3 Å². The van der Waals surface area contributed by atoms with Crippen LogP contribution in [-0.2, 0) is 9.53 Å². The van der Waals surface area contributed by atoms with Crippen molar-refractivity contribution in [3.63, 3.8) is 0 Å². The van der Waals surface area contributed by atoms with Crippen LogP contribution in [-0.4, -0.2) is 24.3 Å². The second-order valence-electron chi connectivity index (χ2n) is 5.52. The van der Waals surface area contributed by atoms with Crippen LogP contribution in [0, 0.1) is 5.92 Å². The van der Waals surface area contributed by atoms with Crippen LogP contribution in [0.4, 0.5) is 0 Å². The molecule has 0 aromatic heterocycles. The van der Waals surface area contributed by atoms with Gasteiger partial charge in [0, 0.05) is 17.7 Å². The number of hydrogen-bond donors (Lipinski definition) is 0. The number of esters is 1. The third kappa shape index (κ3) is 2.43. The molecule has 0 heterocycles. The molecule has 2 atom stereocenters. The van der Waals surface area contributed by atoms with Crippen molar-refractivity contribution in [2.75, 3.05) is 6.61 Å². The average molecular weight is 293 g/mol. The minimum Gasteiger partial charge on any atom is -0.464 e. The fourth-order valence-electron chi connectivity index (χ4n) is 2.79. The molecule has 0 spiro atoms. The van der Waals surface area contributed by atoms with Gasteiger partial charge in [0.25, 0.3) is 0 Å². The lowest BCUT2D eigenvalue weighted by atomic mass is 10.1. The summed E-state index contributed by atoms with van der Waals surface area (Å²) in [4.78, 5) is 16.8. The predicted molar refractivity (Wildman–Crippen MR) is 89.2 cm³/mol. The summed E-state index contributed by atoms with van der Waals surface area (Å²) < 4.78 is 5.18. The maximum atomic E-state index is 12.2. The third-order valence-corrected chi connectivity index (χ3v) is 4.16. The fraction of sp³-hybridized carbons (Fsp3) is 0.263. The zero-order chi connectivity index (χ0) is 15.6. The van der Waals surface area contributed by atoms with Crippen LogP contribution in [0.15, 0.2) is 60.1 Å². The molecule has 3 heteroatoms. The second kappa shape index (κ2) is 5.76. The Balaban J connectivity index is 1.94. The Hall–Kier alpha value is -2.42. The zero-order valence-corrected chi connectivity index (χ0v) is 12.7. The van der Waals surface area contributed by atoms with Crippen molar-refractivity contribution in [2.45, 2.75) is 18.9 Å². The summed E-state index contributed by atoms with van der Waals surface area (Å²) in [7, 11) is 0. The van der Waals surface area contributed by atoms with Crippen molar-refractivity contribution in [1.82, 2.24) is 0 Å². The number of fused-ring (bicyclic) bond motifs is 1. The Kier molecular flexibility index (Phi) is 3.80. The van der Waals surface area contributed by atoms with E-state index in [1.807, 2.05) is 31.2 Å². The van der Waals surface area contributed by atoms with E-state index in [9.17, 15) is 4.79 Å². The molecule has 2 aromatic carbocycles. The number of carbonyl (C=O) groups is 1. The van der Waals surface area contributed by atoms with E-state index in [0.29, 0.717) is 13.0 Å². The van der Waals surface area contributed by atoms with Crippen LogP contribution in [0.25, 0.3) is 10.8 Å². The van der Waals surface area contributed by atoms with E-state index in [-0.39, 0.29) is 11.9 Å². The van der Waals surface area contributed by atoms with Gasteiger partial charge in [-0.25, -0.2) is 4.79 Å². The Morgan fingerprint density at radius 3 is 2.86 bits per heavy atom. The Labute approximate surface area is 130 Å². The molecule has 2 aromatic rings. The number of nitrogens with zero attached hydrogens (tertiary/aromatic N) is 1. The normalized spacial score (nSPS) is 23.6. The smallest absolute Gasteiger partial charge is 0.334 e. The summed E-state index contributed by atoms with van der Waals surface area (Å²) in [6.07, 6.45) is 4.26. The number of benzene rings is 2. The topological polar surface area (TPSA) is 38.7 Å². The lowest BCUT2D eigenvalue weighted by Crippen LogP contribution is -2.25. The highest BCUT2D eigenvalue weighted by Gasteiger charge is 2.60. The summed E-state index contributed by atoms with van der Waals surface area (Å²) in [5, 5.41) is 2.29. The van der Waals surface area contributed by atoms with Gasteiger partial charge in [0.15, 0.2) is 5.54 Å². The number of aliphatic imine (C=N–C) groups is 1. The van der Waals surface area contributed by atoms with Crippen LogP contribution >= 0.6 is 0 Å². The molecule has 3 rings (SSSR count). The molecule has 22 heavy (non-hydrogen) atoms. The molecular weight excluding hydrogens is 274 g/mol. The van der Waals surface area contributed by atoms with E-state index < -0.39 is 5.54 Å². The van der Waals surface area contributed by atoms with Gasteiger partial charge in [-0.2, -0.15) is 0 Å². The minimum absolute atomic E-state index is 0.0674. The molecule has 0 amide bonds. The molecule has 112 valence electrons. The largest absolute Gasteiger partial charge is 0.464 e. The highest BCUT2D eigenvalue weighted by atomic mass is 16.5. The highest BCUT2D eigenvalue weighted by molar-refractivity contribution is 6.01. The predicted octanol–water partition coefficient (Wildman–Crippen LogP) is 3.77. The van der Waals surface area contributed by atoms with Crippen molar-refractivity contribution in [3.05, 3.63) is 60.7 Å². The van der Waals surface area contributed by atoms with Crippen LogP contribution < -0.4 is 0 Å². The van der Waals surface area contributed by atoms with Crippen molar-refractivity contribution >= 4 is 23.0 Å². The maximum Gasteiger partial charge on any atom is 0.334 e. The summed E-state index contributed by atoms with van der Waals surface area (Å²) in [5.74, 6) is -0.186.